The van der Waals surface area contributed by atoms with E-state index in [1.165, 1.54) is 25.7 Å². The van der Waals surface area contributed by atoms with Crippen LogP contribution >= 0.6 is 0 Å². The molecule has 2 rings (SSSR count). The van der Waals surface area contributed by atoms with Gasteiger partial charge in [0.1, 0.15) is 0 Å². The van der Waals surface area contributed by atoms with Crippen LogP contribution in [0.2, 0.25) is 0 Å². The van der Waals surface area contributed by atoms with Crippen LogP contribution in [0, 0.1) is 5.92 Å². The molecule has 2 fully saturated rings. The number of ether oxygens (including phenoxy) is 1. The number of carboxylic acids is 1. The molecule has 2 aliphatic rings. The van der Waals surface area contributed by atoms with Gasteiger partial charge in [-0.05, 0) is 31.6 Å². The highest BCUT2D eigenvalue weighted by molar-refractivity contribution is 5.77. The smallest absolute Gasteiger partial charge is 0.305 e. The highest BCUT2D eigenvalue weighted by atomic mass is 16.5. The summed E-state index contributed by atoms with van der Waals surface area (Å²) in [6, 6.07) is 0.159. The van der Waals surface area contributed by atoms with Crippen LogP contribution in [0.4, 0.5) is 0 Å². The highest BCUT2D eigenvalue weighted by Crippen LogP contribution is 2.27. The summed E-state index contributed by atoms with van der Waals surface area (Å²) in [5.41, 5.74) is 0. The average molecular weight is 311 g/mol. The lowest BCUT2D eigenvalue weighted by atomic mass is 9.95. The molecule has 1 aliphatic heterocycles. The third-order valence-electron chi connectivity index (χ3n) is 4.96. The number of amides is 1. The average Bonchev–Trinajstić information content (AvgIpc) is 2.77. The molecule has 0 atom stereocenters. The summed E-state index contributed by atoms with van der Waals surface area (Å²) < 4.78 is 5.37. The third kappa shape index (κ3) is 5.59. The van der Waals surface area contributed by atoms with Gasteiger partial charge < -0.3 is 14.7 Å². The molecular formula is C17H29NO4. The molecule has 1 N–H and O–H groups in total. The van der Waals surface area contributed by atoms with E-state index < -0.39 is 5.97 Å². The molecule has 0 unspecified atom stereocenters. The lowest BCUT2D eigenvalue weighted by molar-refractivity contribution is -0.140. The highest BCUT2D eigenvalue weighted by Gasteiger charge is 2.28. The van der Waals surface area contributed by atoms with Crippen LogP contribution in [-0.2, 0) is 14.3 Å². The number of carbonyl (C=O) groups excluding carboxylic acids is 1. The van der Waals surface area contributed by atoms with Crippen LogP contribution in [0.15, 0.2) is 0 Å². The van der Waals surface area contributed by atoms with Gasteiger partial charge in [-0.25, -0.2) is 0 Å². The molecule has 5 heteroatoms. The molecule has 0 spiro atoms. The largest absolute Gasteiger partial charge is 0.481 e. The number of hydrogen-bond donors (Lipinski definition) is 1. The lowest BCUT2D eigenvalue weighted by Gasteiger charge is -2.35. The molecule has 5 nitrogen and oxygen atoms in total. The minimum absolute atomic E-state index is 0.0355. The fraction of sp³-hybridized carbons (Fsp3) is 0.882. The van der Waals surface area contributed by atoms with Crippen LogP contribution < -0.4 is 0 Å². The molecule has 0 aromatic heterocycles. The van der Waals surface area contributed by atoms with E-state index in [0.29, 0.717) is 32.1 Å². The van der Waals surface area contributed by atoms with Crippen LogP contribution in [-0.4, -0.2) is 47.7 Å². The topological polar surface area (TPSA) is 66.8 Å². The first-order chi connectivity index (χ1) is 10.7. The molecule has 1 heterocycles. The van der Waals surface area contributed by atoms with Gasteiger partial charge >= 0.3 is 5.97 Å². The van der Waals surface area contributed by atoms with Crippen molar-refractivity contribution in [1.82, 2.24) is 4.90 Å². The van der Waals surface area contributed by atoms with Gasteiger partial charge in [-0.15, -0.1) is 0 Å². The van der Waals surface area contributed by atoms with E-state index in [-0.39, 0.29) is 18.4 Å². The Kier molecular flexibility index (Phi) is 7.16. The Labute approximate surface area is 133 Å². The predicted octanol–water partition coefficient (Wildman–Crippen LogP) is 2.83. The maximum Gasteiger partial charge on any atom is 0.305 e. The number of carboxylic acid groups (broad SMARTS) is 1. The predicted molar refractivity (Wildman–Crippen MR) is 83.6 cm³/mol. The first kappa shape index (κ1) is 17.3. The van der Waals surface area contributed by atoms with Gasteiger partial charge in [0.05, 0.1) is 6.42 Å². The fourth-order valence-electron chi connectivity index (χ4n) is 3.66. The van der Waals surface area contributed by atoms with Crippen LogP contribution in [0.3, 0.4) is 0 Å². The van der Waals surface area contributed by atoms with Gasteiger partial charge in [0.25, 0.3) is 0 Å². The van der Waals surface area contributed by atoms with Crippen LogP contribution in [0.25, 0.3) is 0 Å². The Morgan fingerprint density at radius 1 is 1.00 bits per heavy atom. The van der Waals surface area contributed by atoms with E-state index in [0.717, 1.165) is 25.7 Å². The second kappa shape index (κ2) is 9.13. The summed E-state index contributed by atoms with van der Waals surface area (Å²) in [4.78, 5) is 25.4. The lowest BCUT2D eigenvalue weighted by Crippen LogP contribution is -2.45. The molecule has 1 saturated heterocycles. The van der Waals surface area contributed by atoms with E-state index >= 15 is 0 Å². The molecule has 0 radical (unpaired) electrons. The maximum atomic E-state index is 12.7. The maximum absolute atomic E-state index is 12.7. The summed E-state index contributed by atoms with van der Waals surface area (Å²) >= 11 is 0. The van der Waals surface area contributed by atoms with Gasteiger partial charge in [-0.2, -0.15) is 0 Å². The van der Waals surface area contributed by atoms with Crippen molar-refractivity contribution in [2.75, 3.05) is 19.8 Å². The van der Waals surface area contributed by atoms with Crippen molar-refractivity contribution >= 4 is 11.9 Å². The second-order valence-corrected chi connectivity index (χ2v) is 6.64. The summed E-state index contributed by atoms with van der Waals surface area (Å²) in [5.74, 6) is -0.193. The standard InChI is InChI=1S/C17H29NO4/c19-16(13-14-5-3-1-2-4-6-14)18(10-7-17(20)21)15-8-11-22-12-9-15/h14-15H,1-13H2,(H,20,21). The summed E-state index contributed by atoms with van der Waals surface area (Å²) in [7, 11) is 0. The summed E-state index contributed by atoms with van der Waals surface area (Å²) in [6.07, 6.45) is 9.60. The molecule has 1 aliphatic carbocycles. The number of aliphatic carboxylic acids is 1. The van der Waals surface area contributed by atoms with Gasteiger partial charge in [0, 0.05) is 32.2 Å². The Balaban J connectivity index is 1.92. The summed E-state index contributed by atoms with van der Waals surface area (Å²) in [5, 5.41) is 8.94. The van der Waals surface area contributed by atoms with Gasteiger partial charge in [0.15, 0.2) is 0 Å². The van der Waals surface area contributed by atoms with E-state index in [2.05, 4.69) is 0 Å². The second-order valence-electron chi connectivity index (χ2n) is 6.64. The molecule has 22 heavy (non-hydrogen) atoms. The molecule has 0 aromatic rings. The number of hydrogen-bond acceptors (Lipinski definition) is 3. The van der Waals surface area contributed by atoms with E-state index in [4.69, 9.17) is 9.84 Å². The normalized spacial score (nSPS) is 21.3. The van der Waals surface area contributed by atoms with Crippen molar-refractivity contribution < 1.29 is 19.4 Å². The molecule has 1 amide bonds. The molecule has 1 saturated carbocycles. The van der Waals surface area contributed by atoms with Gasteiger partial charge in [-0.1, -0.05) is 25.7 Å². The van der Waals surface area contributed by atoms with E-state index in [1.807, 2.05) is 4.90 Å². The van der Waals surface area contributed by atoms with Crippen molar-refractivity contribution in [2.24, 2.45) is 5.92 Å². The number of carbonyl (C=O) groups is 2. The first-order valence-electron chi connectivity index (χ1n) is 8.76. The SMILES string of the molecule is O=C(O)CCN(C(=O)CC1CCCCCC1)C1CCOCC1. The van der Waals surface area contributed by atoms with E-state index in [9.17, 15) is 9.59 Å². The molecule has 0 bridgehead atoms. The third-order valence-corrected chi connectivity index (χ3v) is 4.96. The van der Waals surface area contributed by atoms with Gasteiger partial charge in [0.2, 0.25) is 5.91 Å². The summed E-state index contributed by atoms with van der Waals surface area (Å²) in [6.45, 7) is 1.68. The quantitative estimate of drug-likeness (QED) is 0.766. The number of rotatable bonds is 6. The monoisotopic (exact) mass is 311 g/mol. The Morgan fingerprint density at radius 3 is 2.23 bits per heavy atom. The first-order valence-corrected chi connectivity index (χ1v) is 8.76. The van der Waals surface area contributed by atoms with Crippen molar-refractivity contribution in [3.8, 4) is 0 Å². The van der Waals surface area contributed by atoms with Gasteiger partial charge in [-0.3, -0.25) is 9.59 Å². The molecular weight excluding hydrogens is 282 g/mol. The Hall–Kier alpha value is -1.10. The van der Waals surface area contributed by atoms with Crippen molar-refractivity contribution in [1.29, 1.82) is 0 Å². The zero-order valence-electron chi connectivity index (χ0n) is 13.5. The van der Waals surface area contributed by atoms with Crippen LogP contribution in [0.5, 0.6) is 0 Å². The molecule has 126 valence electrons. The fourth-order valence-corrected chi connectivity index (χ4v) is 3.66. The minimum Gasteiger partial charge on any atom is -0.481 e. The van der Waals surface area contributed by atoms with Crippen molar-refractivity contribution in [3.05, 3.63) is 0 Å². The number of nitrogens with zero attached hydrogens (tertiary/aromatic N) is 1. The van der Waals surface area contributed by atoms with Crippen LogP contribution in [0.1, 0.15) is 64.2 Å². The Morgan fingerprint density at radius 2 is 1.64 bits per heavy atom. The van der Waals surface area contributed by atoms with E-state index in [1.54, 1.807) is 0 Å². The van der Waals surface area contributed by atoms with Crippen molar-refractivity contribution in [3.63, 3.8) is 0 Å². The zero-order chi connectivity index (χ0) is 15.8. The Bertz CT molecular complexity index is 358. The molecule has 0 aromatic carbocycles. The zero-order valence-corrected chi connectivity index (χ0v) is 13.5. The van der Waals surface area contributed by atoms with Crippen molar-refractivity contribution in [2.45, 2.75) is 70.3 Å². The minimum atomic E-state index is -0.834.